The number of aromatic nitrogens is 1. The number of fused-ring (bicyclic) bond motifs is 1. The predicted molar refractivity (Wildman–Crippen MR) is 134 cm³/mol. The molecule has 1 aliphatic rings. The Morgan fingerprint density at radius 3 is 2.61 bits per heavy atom. The number of ether oxygens (including phenoxy) is 3. The summed E-state index contributed by atoms with van der Waals surface area (Å²) in [5.74, 6) is -0.230. The van der Waals surface area contributed by atoms with Gasteiger partial charge in [-0.1, -0.05) is 36.4 Å². The smallest absolute Gasteiger partial charge is 0.375 e. The minimum Gasteiger partial charge on any atom is -0.489 e. The molecule has 1 aliphatic heterocycles. The molecule has 7 nitrogen and oxygen atoms in total. The first-order valence-corrected chi connectivity index (χ1v) is 12.2. The average Bonchev–Trinajstić information content (AvgIpc) is 3.61. The lowest BCUT2D eigenvalue weighted by atomic mass is 10.1. The minimum absolute atomic E-state index is 0.0452. The molecule has 4 aromatic rings. The number of nitrogens with zero attached hydrogens (tertiary/aromatic N) is 1. The van der Waals surface area contributed by atoms with Crippen LogP contribution in [-0.4, -0.2) is 35.6 Å². The van der Waals surface area contributed by atoms with E-state index in [2.05, 4.69) is 4.57 Å². The van der Waals surface area contributed by atoms with Crippen molar-refractivity contribution in [1.82, 2.24) is 4.57 Å². The number of ketones is 1. The van der Waals surface area contributed by atoms with Gasteiger partial charge in [-0.05, 0) is 51.0 Å². The van der Waals surface area contributed by atoms with Crippen molar-refractivity contribution >= 4 is 22.7 Å². The Hall–Kier alpha value is -3.84. The van der Waals surface area contributed by atoms with Crippen LogP contribution in [-0.2, 0) is 22.6 Å². The van der Waals surface area contributed by atoms with Crippen LogP contribution in [0.15, 0.2) is 65.1 Å². The van der Waals surface area contributed by atoms with Gasteiger partial charge in [-0.25, -0.2) is 4.79 Å². The molecule has 1 saturated heterocycles. The second kappa shape index (κ2) is 10.4. The van der Waals surface area contributed by atoms with E-state index in [-0.39, 0.29) is 30.9 Å². The van der Waals surface area contributed by atoms with Crippen molar-refractivity contribution in [1.29, 1.82) is 0 Å². The van der Waals surface area contributed by atoms with E-state index in [1.54, 1.807) is 6.07 Å². The van der Waals surface area contributed by atoms with Crippen LogP contribution in [0.1, 0.15) is 50.7 Å². The van der Waals surface area contributed by atoms with Crippen LogP contribution in [0, 0.1) is 13.8 Å². The van der Waals surface area contributed by atoms with Crippen molar-refractivity contribution < 1.29 is 28.2 Å². The topological polar surface area (TPSA) is 79.9 Å². The first-order chi connectivity index (χ1) is 17.5. The van der Waals surface area contributed by atoms with Crippen LogP contribution in [0.2, 0.25) is 0 Å². The van der Waals surface area contributed by atoms with E-state index in [4.69, 9.17) is 18.6 Å². The lowest BCUT2D eigenvalue weighted by Crippen LogP contribution is -2.18. The van der Waals surface area contributed by atoms with Crippen LogP contribution in [0.3, 0.4) is 0 Å². The Balaban J connectivity index is 1.30. The third-order valence-corrected chi connectivity index (χ3v) is 6.63. The number of aryl methyl sites for hydroxylation is 1. The third kappa shape index (κ3) is 4.93. The van der Waals surface area contributed by atoms with Crippen molar-refractivity contribution in [3.63, 3.8) is 0 Å². The fourth-order valence-electron chi connectivity index (χ4n) is 4.71. The number of para-hydroxylation sites is 2. The fraction of sp³-hybridized carbons (Fsp3) is 0.310. The van der Waals surface area contributed by atoms with E-state index in [1.807, 2.05) is 68.4 Å². The first-order valence-electron chi connectivity index (χ1n) is 12.2. The van der Waals surface area contributed by atoms with E-state index in [0.29, 0.717) is 29.0 Å². The molecule has 3 heterocycles. The molecule has 0 N–H and O–H groups in total. The number of furan rings is 1. The zero-order valence-electron chi connectivity index (χ0n) is 20.5. The minimum atomic E-state index is -0.695. The summed E-state index contributed by atoms with van der Waals surface area (Å²) in [6, 6.07) is 18.5. The lowest BCUT2D eigenvalue weighted by Gasteiger charge is -2.14. The van der Waals surface area contributed by atoms with Crippen LogP contribution < -0.4 is 4.74 Å². The van der Waals surface area contributed by atoms with E-state index < -0.39 is 5.97 Å². The molecule has 2 aromatic carbocycles. The maximum absolute atomic E-state index is 13.0. The van der Waals surface area contributed by atoms with Gasteiger partial charge >= 0.3 is 5.97 Å². The number of hydrogen-bond donors (Lipinski definition) is 0. The summed E-state index contributed by atoms with van der Waals surface area (Å²) in [5, 5.41) is 0.768. The van der Waals surface area contributed by atoms with Gasteiger partial charge in [0.2, 0.25) is 11.5 Å². The highest BCUT2D eigenvalue weighted by Crippen LogP contribution is 2.28. The number of carbonyl (C=O) groups is 2. The molecule has 2 aromatic heterocycles. The van der Waals surface area contributed by atoms with Gasteiger partial charge in [0.05, 0.1) is 11.7 Å². The van der Waals surface area contributed by atoms with Crippen molar-refractivity contribution in [3.05, 3.63) is 88.9 Å². The largest absolute Gasteiger partial charge is 0.489 e. The molecular formula is C29H29NO6. The number of esters is 1. The molecule has 0 bridgehead atoms. The number of rotatable bonds is 9. The number of Topliss-reactive ketones (excluding diaryl/α,β-unsaturated/α-hetero) is 1. The van der Waals surface area contributed by atoms with Gasteiger partial charge in [-0.15, -0.1) is 0 Å². The Morgan fingerprint density at radius 2 is 1.83 bits per heavy atom. The third-order valence-electron chi connectivity index (χ3n) is 6.63. The van der Waals surface area contributed by atoms with E-state index in [9.17, 15) is 9.59 Å². The summed E-state index contributed by atoms with van der Waals surface area (Å²) in [5.41, 5.74) is 3.53. The van der Waals surface area contributed by atoms with Gasteiger partial charge < -0.3 is 23.2 Å². The summed E-state index contributed by atoms with van der Waals surface area (Å²) < 4.78 is 25.0. The maximum Gasteiger partial charge on any atom is 0.375 e. The van der Waals surface area contributed by atoms with Gasteiger partial charge in [0.1, 0.15) is 17.9 Å². The highest BCUT2D eigenvalue weighted by atomic mass is 16.5. The Kier molecular flexibility index (Phi) is 6.91. The molecule has 0 saturated carbocycles. The monoisotopic (exact) mass is 487 g/mol. The number of hydrogen-bond acceptors (Lipinski definition) is 6. The van der Waals surface area contributed by atoms with Crippen molar-refractivity contribution in [2.24, 2.45) is 0 Å². The molecule has 0 spiro atoms. The molecule has 7 heteroatoms. The quantitative estimate of drug-likeness (QED) is 0.224. The van der Waals surface area contributed by atoms with E-state index in [0.717, 1.165) is 36.2 Å². The van der Waals surface area contributed by atoms with Crippen LogP contribution in [0.25, 0.3) is 11.0 Å². The molecule has 0 aliphatic carbocycles. The van der Waals surface area contributed by atoms with Crippen LogP contribution >= 0.6 is 0 Å². The summed E-state index contributed by atoms with van der Waals surface area (Å²) in [6.45, 7) is 5.14. The fourth-order valence-corrected chi connectivity index (χ4v) is 4.71. The van der Waals surface area contributed by atoms with E-state index >= 15 is 0 Å². The molecule has 0 amide bonds. The van der Waals surface area contributed by atoms with E-state index in [1.165, 1.54) is 0 Å². The summed E-state index contributed by atoms with van der Waals surface area (Å²) in [4.78, 5) is 26.0. The summed E-state index contributed by atoms with van der Waals surface area (Å²) >= 11 is 0. The van der Waals surface area contributed by atoms with Gasteiger partial charge in [-0.3, -0.25) is 4.79 Å². The SMILES string of the molecule is Cc1cc(C(=O)COC(=O)c2oc3ccccc3c2COc2ccccc2)c(C)n1C[C@@H]1CCCO1. The molecular weight excluding hydrogens is 458 g/mol. The molecule has 5 rings (SSSR count). The molecule has 1 atom stereocenters. The van der Waals surface area contributed by atoms with Gasteiger partial charge in [0.15, 0.2) is 6.61 Å². The summed E-state index contributed by atoms with van der Waals surface area (Å²) in [7, 11) is 0. The van der Waals surface area contributed by atoms with Crippen LogP contribution in [0.4, 0.5) is 0 Å². The molecule has 0 radical (unpaired) electrons. The maximum atomic E-state index is 13.0. The Labute approximate surface area is 209 Å². The molecule has 186 valence electrons. The number of carbonyl (C=O) groups excluding carboxylic acids is 2. The zero-order chi connectivity index (χ0) is 25.1. The highest BCUT2D eigenvalue weighted by Gasteiger charge is 2.25. The molecule has 1 fully saturated rings. The first kappa shape index (κ1) is 23.9. The van der Waals surface area contributed by atoms with Crippen molar-refractivity contribution in [2.75, 3.05) is 13.2 Å². The van der Waals surface area contributed by atoms with Crippen molar-refractivity contribution in [3.8, 4) is 5.75 Å². The molecule has 36 heavy (non-hydrogen) atoms. The average molecular weight is 488 g/mol. The highest BCUT2D eigenvalue weighted by molar-refractivity contribution is 6.01. The normalized spacial score (nSPS) is 15.3. The van der Waals surface area contributed by atoms with Crippen LogP contribution in [0.5, 0.6) is 5.75 Å². The van der Waals surface area contributed by atoms with Gasteiger partial charge in [0.25, 0.3) is 0 Å². The van der Waals surface area contributed by atoms with Crippen molar-refractivity contribution in [2.45, 2.75) is 45.9 Å². The zero-order valence-corrected chi connectivity index (χ0v) is 20.5. The lowest BCUT2D eigenvalue weighted by molar-refractivity contribution is 0.0442. The second-order valence-corrected chi connectivity index (χ2v) is 9.04. The van der Waals surface area contributed by atoms with Gasteiger partial charge in [-0.2, -0.15) is 0 Å². The summed E-state index contributed by atoms with van der Waals surface area (Å²) in [6.07, 6.45) is 2.25. The predicted octanol–water partition coefficient (Wildman–Crippen LogP) is 5.65. The Morgan fingerprint density at radius 1 is 1.06 bits per heavy atom. The second-order valence-electron chi connectivity index (χ2n) is 9.04. The van der Waals surface area contributed by atoms with Gasteiger partial charge in [0, 0.05) is 35.5 Å². The number of benzene rings is 2. The Bertz CT molecular complexity index is 1380. The standard InChI is InChI=1S/C29H29NO6/c1-19-15-24(20(2)30(19)16-22-11-8-14-33-22)26(31)18-35-29(32)28-25(17-34-21-9-4-3-5-10-21)23-12-6-7-13-27(23)36-28/h3-7,9-10,12-13,15,22H,8,11,14,16-18H2,1-2H3/t22-/m0/s1. The molecule has 0 unspecified atom stereocenters.